The first-order chi connectivity index (χ1) is 10.1. The summed E-state index contributed by atoms with van der Waals surface area (Å²) in [5.74, 6) is 0.221. The summed E-state index contributed by atoms with van der Waals surface area (Å²) in [4.78, 5) is 26.0. The van der Waals surface area contributed by atoms with Crippen LogP contribution in [0.2, 0.25) is 0 Å². The average molecular weight is 286 g/mol. The molecule has 0 spiro atoms. The second-order valence-electron chi connectivity index (χ2n) is 4.85. The summed E-state index contributed by atoms with van der Waals surface area (Å²) >= 11 is 0. The van der Waals surface area contributed by atoms with Gasteiger partial charge in [-0.2, -0.15) is 0 Å². The number of furan rings is 1. The fraction of sp³-hybridized carbons (Fsp3) is 0.200. The molecule has 1 aromatic carbocycles. The summed E-state index contributed by atoms with van der Waals surface area (Å²) in [6.45, 7) is 1.61. The molecular formula is C15H14N2O4. The van der Waals surface area contributed by atoms with E-state index in [0.717, 1.165) is 4.90 Å². The maximum Gasteiger partial charge on any atom is 0.330 e. The molecule has 21 heavy (non-hydrogen) atoms. The Morgan fingerprint density at radius 2 is 1.86 bits per heavy atom. The van der Waals surface area contributed by atoms with Gasteiger partial charge in [0.05, 0.1) is 12.8 Å². The van der Waals surface area contributed by atoms with Crippen LogP contribution in [0.1, 0.15) is 12.7 Å². The highest BCUT2D eigenvalue weighted by atomic mass is 16.6. The van der Waals surface area contributed by atoms with Gasteiger partial charge in [0.2, 0.25) is 0 Å². The number of carbonyl (C=O) groups is 2. The van der Waals surface area contributed by atoms with Gasteiger partial charge in [0.1, 0.15) is 5.76 Å². The molecule has 0 unspecified atom stereocenters. The van der Waals surface area contributed by atoms with Gasteiger partial charge in [-0.15, -0.1) is 0 Å². The second kappa shape index (κ2) is 4.66. The van der Waals surface area contributed by atoms with Gasteiger partial charge in [0.25, 0.3) is 11.9 Å². The minimum absolute atomic E-state index is 0.284. The zero-order valence-electron chi connectivity index (χ0n) is 11.6. The van der Waals surface area contributed by atoms with Crippen molar-refractivity contribution >= 4 is 17.6 Å². The maximum absolute atomic E-state index is 12.7. The van der Waals surface area contributed by atoms with Crippen molar-refractivity contribution in [3.63, 3.8) is 0 Å². The third-order valence-electron chi connectivity index (χ3n) is 3.48. The minimum Gasteiger partial charge on any atom is -0.468 e. The fourth-order valence-electron chi connectivity index (χ4n) is 2.32. The highest BCUT2D eigenvalue weighted by Gasteiger charge is 2.51. The van der Waals surface area contributed by atoms with E-state index >= 15 is 0 Å². The van der Waals surface area contributed by atoms with E-state index in [9.17, 15) is 9.59 Å². The van der Waals surface area contributed by atoms with Gasteiger partial charge in [0, 0.05) is 6.07 Å². The summed E-state index contributed by atoms with van der Waals surface area (Å²) in [5, 5.41) is 2.67. The van der Waals surface area contributed by atoms with Crippen molar-refractivity contribution < 1.29 is 18.7 Å². The Morgan fingerprint density at radius 1 is 1.14 bits per heavy atom. The predicted molar refractivity (Wildman–Crippen MR) is 75.1 cm³/mol. The van der Waals surface area contributed by atoms with Crippen LogP contribution >= 0.6 is 0 Å². The molecule has 0 radical (unpaired) electrons. The van der Waals surface area contributed by atoms with Gasteiger partial charge in [-0.1, -0.05) is 18.2 Å². The molecule has 108 valence electrons. The number of nitrogens with one attached hydrogen (secondary N) is 1. The average Bonchev–Trinajstić information content (AvgIpc) is 3.05. The number of rotatable bonds is 3. The molecule has 3 amide bonds. The highest BCUT2D eigenvalue weighted by molar-refractivity contribution is 6.23. The maximum atomic E-state index is 12.7. The van der Waals surface area contributed by atoms with Crippen molar-refractivity contribution in [1.29, 1.82) is 0 Å². The lowest BCUT2D eigenvalue weighted by Crippen LogP contribution is -2.40. The monoisotopic (exact) mass is 286 g/mol. The second-order valence-corrected chi connectivity index (χ2v) is 4.85. The minimum atomic E-state index is -1.25. The molecule has 1 fully saturated rings. The smallest absolute Gasteiger partial charge is 0.330 e. The van der Waals surface area contributed by atoms with Gasteiger partial charge >= 0.3 is 6.03 Å². The predicted octanol–water partition coefficient (Wildman–Crippen LogP) is 2.26. The van der Waals surface area contributed by atoms with Crippen molar-refractivity contribution in [3.8, 4) is 5.95 Å². The van der Waals surface area contributed by atoms with E-state index < -0.39 is 17.5 Å². The van der Waals surface area contributed by atoms with Crippen molar-refractivity contribution in [1.82, 2.24) is 5.32 Å². The standard InChI is InChI=1S/C15H14N2O4/c1-15(11-8-9-12(20-2)21-11)13(18)17(14(19)16-15)10-6-4-3-5-7-10/h3-9H,1-2H3,(H,16,19)/t15-/m0/s1. The number of para-hydroxylation sites is 1. The fourth-order valence-corrected chi connectivity index (χ4v) is 2.32. The number of hydrogen-bond donors (Lipinski definition) is 1. The molecule has 0 aliphatic carbocycles. The van der Waals surface area contributed by atoms with Crippen molar-refractivity contribution in [3.05, 3.63) is 48.2 Å². The summed E-state index contributed by atoms with van der Waals surface area (Å²) in [6.07, 6.45) is 0. The molecule has 1 saturated heterocycles. The van der Waals surface area contributed by atoms with Crippen molar-refractivity contribution in [2.24, 2.45) is 0 Å². The number of nitrogens with zero attached hydrogens (tertiary/aromatic N) is 1. The number of anilines is 1. The SMILES string of the molecule is COc1ccc([C@]2(C)NC(=O)N(c3ccccc3)C2=O)o1. The molecule has 1 atom stereocenters. The Labute approximate surface area is 121 Å². The molecule has 6 nitrogen and oxygen atoms in total. The number of ether oxygens (including phenoxy) is 1. The van der Waals surface area contributed by atoms with Crippen LogP contribution in [0.5, 0.6) is 5.95 Å². The zero-order valence-corrected chi connectivity index (χ0v) is 11.6. The molecule has 2 aromatic rings. The van der Waals surface area contributed by atoms with Crippen LogP contribution in [0.4, 0.5) is 10.5 Å². The van der Waals surface area contributed by atoms with Gasteiger partial charge in [-0.3, -0.25) is 4.79 Å². The summed E-state index contributed by atoms with van der Waals surface area (Å²) < 4.78 is 10.4. The molecule has 3 rings (SSSR count). The van der Waals surface area contributed by atoms with Crippen LogP contribution in [0, 0.1) is 0 Å². The summed E-state index contributed by atoms with van der Waals surface area (Å²) in [6, 6.07) is 11.5. The molecule has 6 heteroatoms. The third-order valence-corrected chi connectivity index (χ3v) is 3.48. The molecule has 1 aliphatic heterocycles. The van der Waals surface area contributed by atoms with Crippen LogP contribution in [0.15, 0.2) is 46.9 Å². The molecule has 0 saturated carbocycles. The van der Waals surface area contributed by atoms with E-state index in [1.165, 1.54) is 7.11 Å². The molecule has 0 bridgehead atoms. The molecule has 1 aromatic heterocycles. The Hall–Kier alpha value is -2.76. The van der Waals surface area contributed by atoms with E-state index in [2.05, 4.69) is 5.32 Å². The highest BCUT2D eigenvalue weighted by Crippen LogP contribution is 2.34. The van der Waals surface area contributed by atoms with E-state index in [-0.39, 0.29) is 5.95 Å². The first-order valence-electron chi connectivity index (χ1n) is 6.42. The zero-order chi connectivity index (χ0) is 15.0. The first-order valence-corrected chi connectivity index (χ1v) is 6.42. The van der Waals surface area contributed by atoms with Crippen LogP contribution in [0.3, 0.4) is 0 Å². The van der Waals surface area contributed by atoms with Crippen molar-refractivity contribution in [2.45, 2.75) is 12.5 Å². The normalized spacial score (nSPS) is 21.5. The van der Waals surface area contributed by atoms with Gasteiger partial charge < -0.3 is 14.5 Å². The number of methoxy groups -OCH3 is 1. The summed E-state index contributed by atoms with van der Waals surface area (Å²) in [7, 11) is 1.47. The Morgan fingerprint density at radius 3 is 2.48 bits per heavy atom. The number of carbonyl (C=O) groups excluding carboxylic acids is 2. The van der Waals surface area contributed by atoms with Crippen LogP contribution in [-0.2, 0) is 10.3 Å². The van der Waals surface area contributed by atoms with Crippen LogP contribution < -0.4 is 15.0 Å². The van der Waals surface area contributed by atoms with E-state index in [1.54, 1.807) is 43.3 Å². The van der Waals surface area contributed by atoms with Gasteiger partial charge in [0.15, 0.2) is 5.54 Å². The topological polar surface area (TPSA) is 71.8 Å². The quantitative estimate of drug-likeness (QED) is 0.878. The molecule has 2 heterocycles. The van der Waals surface area contributed by atoms with Crippen LogP contribution in [0.25, 0.3) is 0 Å². The van der Waals surface area contributed by atoms with Gasteiger partial charge in [-0.25, -0.2) is 9.69 Å². The number of urea groups is 1. The lowest BCUT2D eigenvalue weighted by Gasteiger charge is -2.19. The Kier molecular flexibility index (Phi) is 2.94. The number of imide groups is 1. The summed E-state index contributed by atoms with van der Waals surface area (Å²) in [5.41, 5.74) is -0.730. The number of hydrogen-bond acceptors (Lipinski definition) is 4. The molecule has 1 N–H and O–H groups in total. The van der Waals surface area contributed by atoms with E-state index in [0.29, 0.717) is 11.4 Å². The third kappa shape index (κ3) is 1.96. The van der Waals surface area contributed by atoms with Gasteiger partial charge in [-0.05, 0) is 25.1 Å². The lowest BCUT2D eigenvalue weighted by atomic mass is 9.99. The van der Waals surface area contributed by atoms with Crippen LogP contribution in [-0.4, -0.2) is 19.0 Å². The molecular weight excluding hydrogens is 272 g/mol. The number of benzene rings is 1. The first kappa shape index (κ1) is 13.2. The van der Waals surface area contributed by atoms with E-state index in [1.807, 2.05) is 6.07 Å². The lowest BCUT2D eigenvalue weighted by molar-refractivity contribution is -0.122. The van der Waals surface area contributed by atoms with E-state index in [4.69, 9.17) is 9.15 Å². The molecule has 1 aliphatic rings. The van der Waals surface area contributed by atoms with Crippen molar-refractivity contribution in [2.75, 3.05) is 12.0 Å². The largest absolute Gasteiger partial charge is 0.468 e. The Bertz CT molecular complexity index is 695. The number of amides is 3. The Balaban J connectivity index is 1.99.